The van der Waals surface area contributed by atoms with Gasteiger partial charge in [-0.05, 0) is 56.5 Å². The number of hydrogen-bond acceptors (Lipinski definition) is 4. The number of para-hydroxylation sites is 1. The molecule has 0 aliphatic rings. The van der Waals surface area contributed by atoms with Crippen LogP contribution in [0.5, 0.6) is 11.5 Å². The first-order valence-electron chi connectivity index (χ1n) is 14.2. The van der Waals surface area contributed by atoms with Crippen molar-refractivity contribution >= 4 is 23.7 Å². The highest BCUT2D eigenvalue weighted by atomic mass is 32.2. The number of benzene rings is 3. The van der Waals surface area contributed by atoms with Crippen molar-refractivity contribution in [3.8, 4) is 11.5 Å². The molecule has 0 heterocycles. The van der Waals surface area contributed by atoms with Crippen LogP contribution in [0, 0.1) is 0 Å². The zero-order valence-electron chi connectivity index (χ0n) is 26.7. The topological polar surface area (TPSA) is 52.8 Å². The van der Waals surface area contributed by atoms with Crippen molar-refractivity contribution in [2.24, 2.45) is 4.99 Å². The number of phenolic OH excluding ortho intramolecular Hbond substituents is 2. The third-order valence-electron chi connectivity index (χ3n) is 7.27. The number of thioether (sulfide) groups is 1. The Labute approximate surface area is 247 Å². The Morgan fingerprint density at radius 1 is 0.650 bits per heavy atom. The van der Waals surface area contributed by atoms with Gasteiger partial charge in [0.05, 0.1) is 5.69 Å². The van der Waals surface area contributed by atoms with Crippen molar-refractivity contribution in [3.05, 3.63) is 81.9 Å². The molecule has 0 atom stereocenters. The third kappa shape index (κ3) is 7.51. The quantitative estimate of drug-likeness (QED) is 0.241. The summed E-state index contributed by atoms with van der Waals surface area (Å²) >= 11 is 1.67. The highest BCUT2D eigenvalue weighted by Gasteiger charge is 2.26. The first-order valence-corrected chi connectivity index (χ1v) is 15.2. The van der Waals surface area contributed by atoms with Gasteiger partial charge in [0, 0.05) is 33.6 Å². The summed E-state index contributed by atoms with van der Waals surface area (Å²) in [5.74, 6) is 1.30. The molecule has 0 amide bonds. The lowest BCUT2D eigenvalue weighted by Gasteiger charge is -2.27. The van der Waals surface area contributed by atoms with Crippen LogP contribution in [0.4, 0.5) is 5.69 Å². The summed E-state index contributed by atoms with van der Waals surface area (Å²) in [6.45, 7) is 26.0. The van der Waals surface area contributed by atoms with Gasteiger partial charge < -0.3 is 10.2 Å². The minimum atomic E-state index is -0.197. The van der Waals surface area contributed by atoms with Crippen LogP contribution >= 0.6 is 11.8 Å². The molecule has 3 aromatic rings. The van der Waals surface area contributed by atoms with E-state index in [-0.39, 0.29) is 27.4 Å². The summed E-state index contributed by atoms with van der Waals surface area (Å²) in [5, 5.41) is 22.5. The van der Waals surface area contributed by atoms with Crippen LogP contribution in [-0.4, -0.2) is 16.4 Å². The fourth-order valence-corrected chi connectivity index (χ4v) is 5.52. The smallest absolute Gasteiger partial charge is 0.128 e. The molecule has 0 spiro atoms. The Kier molecular flexibility index (Phi) is 8.97. The SMILES string of the molecule is CC(C)(C)c1cc(C=Nc2ccccc2SCc2cc(C(C)(C)C)cc(C(C)(C)C)c2O)c(O)c(C(C)(C)C)c1. The van der Waals surface area contributed by atoms with E-state index in [4.69, 9.17) is 4.99 Å². The van der Waals surface area contributed by atoms with Gasteiger partial charge in [0.25, 0.3) is 0 Å². The van der Waals surface area contributed by atoms with Crippen LogP contribution in [0.2, 0.25) is 0 Å². The van der Waals surface area contributed by atoms with Gasteiger partial charge in [-0.15, -0.1) is 11.8 Å². The number of hydrogen-bond donors (Lipinski definition) is 2. The van der Waals surface area contributed by atoms with Crippen LogP contribution < -0.4 is 0 Å². The summed E-state index contributed by atoms with van der Waals surface area (Å²) in [7, 11) is 0. The van der Waals surface area contributed by atoms with Crippen LogP contribution in [-0.2, 0) is 27.4 Å². The molecule has 216 valence electrons. The van der Waals surface area contributed by atoms with Gasteiger partial charge in [-0.25, -0.2) is 0 Å². The van der Waals surface area contributed by atoms with Crippen molar-refractivity contribution in [2.75, 3.05) is 0 Å². The molecule has 0 aromatic heterocycles. The van der Waals surface area contributed by atoms with E-state index in [9.17, 15) is 10.2 Å². The Hall–Kier alpha value is -2.72. The fourth-order valence-electron chi connectivity index (χ4n) is 4.55. The van der Waals surface area contributed by atoms with E-state index >= 15 is 0 Å². The maximum atomic E-state index is 11.3. The van der Waals surface area contributed by atoms with Gasteiger partial charge in [-0.2, -0.15) is 0 Å². The molecule has 4 heteroatoms. The van der Waals surface area contributed by atoms with Gasteiger partial charge in [0.15, 0.2) is 0 Å². The van der Waals surface area contributed by atoms with Crippen molar-refractivity contribution in [3.63, 3.8) is 0 Å². The average molecular weight is 560 g/mol. The normalized spacial score (nSPS) is 13.3. The number of phenols is 2. The average Bonchev–Trinajstić information content (AvgIpc) is 2.80. The molecule has 0 fully saturated rings. The highest BCUT2D eigenvalue weighted by molar-refractivity contribution is 7.98. The minimum absolute atomic E-state index is 0.0230. The van der Waals surface area contributed by atoms with Crippen molar-refractivity contribution in [2.45, 2.75) is 115 Å². The molecule has 0 saturated carbocycles. The maximum absolute atomic E-state index is 11.3. The molecular weight excluding hydrogens is 510 g/mol. The lowest BCUT2D eigenvalue weighted by atomic mass is 9.79. The predicted octanol–water partition coefficient (Wildman–Crippen LogP) is 10.3. The predicted molar refractivity (Wildman–Crippen MR) is 174 cm³/mol. The van der Waals surface area contributed by atoms with Crippen molar-refractivity contribution in [1.82, 2.24) is 0 Å². The zero-order valence-corrected chi connectivity index (χ0v) is 27.5. The Bertz CT molecular complexity index is 1390. The standard InChI is InChI=1S/C36H49NO2S/c1-33(2,3)25-17-23(31(38)27(19-25)35(7,8)9)21-37-29-15-13-14-16-30(29)40-22-24-18-26(34(4,5)6)20-28(32(24)39)36(10,11)12/h13-21,38-39H,22H2,1-12H3. The second-order valence-electron chi connectivity index (χ2n) is 15.0. The number of aliphatic imine (C=N–C) groups is 1. The summed E-state index contributed by atoms with van der Waals surface area (Å²) < 4.78 is 0. The molecule has 40 heavy (non-hydrogen) atoms. The van der Waals surface area contributed by atoms with E-state index in [0.29, 0.717) is 11.5 Å². The molecule has 0 aliphatic heterocycles. The summed E-state index contributed by atoms with van der Waals surface area (Å²) in [4.78, 5) is 5.89. The molecule has 3 aromatic carbocycles. The molecule has 0 radical (unpaired) electrons. The Morgan fingerprint density at radius 3 is 1.68 bits per heavy atom. The largest absolute Gasteiger partial charge is 0.507 e. The number of nitrogens with zero attached hydrogens (tertiary/aromatic N) is 1. The first-order chi connectivity index (χ1) is 18.2. The summed E-state index contributed by atoms with van der Waals surface area (Å²) in [6, 6.07) is 16.5. The second kappa shape index (κ2) is 11.3. The molecule has 0 aliphatic carbocycles. The molecule has 3 nitrogen and oxygen atoms in total. The number of rotatable bonds is 5. The molecule has 0 bridgehead atoms. The van der Waals surface area contributed by atoms with Crippen LogP contribution in [0.3, 0.4) is 0 Å². The number of aromatic hydroxyl groups is 2. The fraction of sp³-hybridized carbons (Fsp3) is 0.472. The second-order valence-corrected chi connectivity index (χ2v) is 16.0. The third-order valence-corrected chi connectivity index (χ3v) is 8.38. The van der Waals surface area contributed by atoms with Gasteiger partial charge in [-0.1, -0.05) is 113 Å². The highest BCUT2D eigenvalue weighted by Crippen LogP contribution is 2.42. The van der Waals surface area contributed by atoms with E-state index in [1.807, 2.05) is 24.3 Å². The van der Waals surface area contributed by atoms with E-state index < -0.39 is 0 Å². The summed E-state index contributed by atoms with van der Waals surface area (Å²) in [6.07, 6.45) is 1.79. The molecule has 3 rings (SSSR count). The zero-order chi connectivity index (χ0) is 30.3. The van der Waals surface area contributed by atoms with Crippen LogP contribution in [0.15, 0.2) is 58.4 Å². The van der Waals surface area contributed by atoms with E-state index in [0.717, 1.165) is 32.8 Å². The summed E-state index contributed by atoms with van der Waals surface area (Å²) in [5.41, 5.74) is 6.36. The van der Waals surface area contributed by atoms with Gasteiger partial charge in [0.1, 0.15) is 11.5 Å². The van der Waals surface area contributed by atoms with E-state index in [1.54, 1.807) is 18.0 Å². The van der Waals surface area contributed by atoms with Gasteiger partial charge in [-0.3, -0.25) is 4.99 Å². The lowest BCUT2D eigenvalue weighted by molar-refractivity contribution is 0.440. The van der Waals surface area contributed by atoms with E-state index in [1.165, 1.54) is 11.1 Å². The first kappa shape index (κ1) is 31.8. The van der Waals surface area contributed by atoms with E-state index in [2.05, 4.69) is 107 Å². The Balaban J connectivity index is 2.01. The van der Waals surface area contributed by atoms with Gasteiger partial charge >= 0.3 is 0 Å². The van der Waals surface area contributed by atoms with Gasteiger partial charge in [0.2, 0.25) is 0 Å². The molecule has 0 saturated heterocycles. The Morgan fingerprint density at radius 2 is 1.15 bits per heavy atom. The monoisotopic (exact) mass is 559 g/mol. The van der Waals surface area contributed by atoms with Crippen LogP contribution in [0.25, 0.3) is 0 Å². The van der Waals surface area contributed by atoms with Crippen molar-refractivity contribution < 1.29 is 10.2 Å². The molecular formula is C36H49NO2S. The maximum Gasteiger partial charge on any atom is 0.128 e. The van der Waals surface area contributed by atoms with Crippen molar-refractivity contribution in [1.29, 1.82) is 0 Å². The minimum Gasteiger partial charge on any atom is -0.507 e. The molecule has 2 N–H and O–H groups in total. The lowest BCUT2D eigenvalue weighted by Crippen LogP contribution is -2.17. The van der Waals surface area contributed by atoms with Crippen LogP contribution in [0.1, 0.15) is 116 Å². The molecule has 0 unspecified atom stereocenters.